The molecule has 2 aliphatic heterocycles. The summed E-state index contributed by atoms with van der Waals surface area (Å²) >= 11 is 0. The fourth-order valence-electron chi connectivity index (χ4n) is 4.64. The SMILES string of the molecule is CC(=O)N1C[C@@H](COCC2CC2)C2(CCN(Cc3cccnc3)CC2)C1. The molecule has 1 saturated carbocycles. The minimum atomic E-state index is 0.215. The van der Waals surface area contributed by atoms with Crippen LogP contribution < -0.4 is 0 Å². The molecule has 3 heterocycles. The maximum atomic E-state index is 12.0. The number of carbonyl (C=O) groups excluding carboxylic acids is 1. The molecule has 4 rings (SSSR count). The average molecular weight is 357 g/mol. The second-order valence-electron chi connectivity index (χ2n) is 8.58. The summed E-state index contributed by atoms with van der Waals surface area (Å²) in [5, 5.41) is 0. The average Bonchev–Trinajstić information content (AvgIpc) is 3.40. The number of pyridine rings is 1. The molecule has 1 atom stereocenters. The number of piperidine rings is 1. The molecule has 0 aromatic carbocycles. The molecule has 142 valence electrons. The molecular formula is C21H31N3O2. The van der Waals surface area contributed by atoms with E-state index in [0.29, 0.717) is 5.92 Å². The second-order valence-corrected chi connectivity index (χ2v) is 8.58. The second kappa shape index (κ2) is 7.65. The van der Waals surface area contributed by atoms with Gasteiger partial charge in [-0.15, -0.1) is 0 Å². The van der Waals surface area contributed by atoms with E-state index in [2.05, 4.69) is 20.9 Å². The molecule has 3 aliphatic rings. The number of hydrogen-bond donors (Lipinski definition) is 0. The number of amides is 1. The molecule has 2 saturated heterocycles. The van der Waals surface area contributed by atoms with Crippen molar-refractivity contribution in [2.45, 2.75) is 39.2 Å². The van der Waals surface area contributed by atoms with Crippen LogP contribution in [-0.4, -0.2) is 60.1 Å². The van der Waals surface area contributed by atoms with Crippen LogP contribution in [0.1, 0.15) is 38.2 Å². The smallest absolute Gasteiger partial charge is 0.219 e. The highest BCUT2D eigenvalue weighted by atomic mass is 16.5. The van der Waals surface area contributed by atoms with Gasteiger partial charge in [-0.05, 0) is 61.7 Å². The Morgan fingerprint density at radius 1 is 1.31 bits per heavy atom. The Morgan fingerprint density at radius 3 is 2.77 bits per heavy atom. The van der Waals surface area contributed by atoms with Gasteiger partial charge in [-0.3, -0.25) is 14.7 Å². The van der Waals surface area contributed by atoms with Crippen LogP contribution in [0.5, 0.6) is 0 Å². The Bertz CT molecular complexity index is 609. The molecule has 26 heavy (non-hydrogen) atoms. The van der Waals surface area contributed by atoms with Crippen LogP contribution in [0.15, 0.2) is 24.5 Å². The Labute approximate surface area is 156 Å². The third-order valence-corrected chi connectivity index (χ3v) is 6.61. The lowest BCUT2D eigenvalue weighted by Crippen LogP contribution is -2.45. The van der Waals surface area contributed by atoms with Gasteiger partial charge in [0.25, 0.3) is 0 Å². The van der Waals surface area contributed by atoms with E-state index in [1.165, 1.54) is 18.4 Å². The van der Waals surface area contributed by atoms with Crippen LogP contribution in [0.3, 0.4) is 0 Å². The van der Waals surface area contributed by atoms with Crippen molar-refractivity contribution in [2.24, 2.45) is 17.3 Å². The van der Waals surface area contributed by atoms with Gasteiger partial charge < -0.3 is 9.64 Å². The van der Waals surface area contributed by atoms with Gasteiger partial charge in [0.15, 0.2) is 0 Å². The summed E-state index contributed by atoms with van der Waals surface area (Å²) in [6.07, 6.45) is 8.78. The molecule has 1 aromatic rings. The van der Waals surface area contributed by atoms with E-state index in [1.54, 1.807) is 6.92 Å². The molecule has 1 aliphatic carbocycles. The zero-order valence-electron chi connectivity index (χ0n) is 15.9. The summed E-state index contributed by atoms with van der Waals surface area (Å²) in [4.78, 5) is 20.8. The fraction of sp³-hybridized carbons (Fsp3) is 0.714. The van der Waals surface area contributed by atoms with Crippen molar-refractivity contribution in [3.05, 3.63) is 30.1 Å². The van der Waals surface area contributed by atoms with Gasteiger partial charge in [0, 0.05) is 51.5 Å². The van der Waals surface area contributed by atoms with Crippen LogP contribution in [-0.2, 0) is 16.1 Å². The van der Waals surface area contributed by atoms with Crippen molar-refractivity contribution < 1.29 is 9.53 Å². The van der Waals surface area contributed by atoms with Gasteiger partial charge in [0.2, 0.25) is 5.91 Å². The topological polar surface area (TPSA) is 45.7 Å². The fourth-order valence-corrected chi connectivity index (χ4v) is 4.64. The maximum absolute atomic E-state index is 12.0. The van der Waals surface area contributed by atoms with Gasteiger partial charge in [0.05, 0.1) is 6.61 Å². The van der Waals surface area contributed by atoms with E-state index in [9.17, 15) is 4.79 Å². The monoisotopic (exact) mass is 357 g/mol. The van der Waals surface area contributed by atoms with Crippen molar-refractivity contribution in [2.75, 3.05) is 39.4 Å². The van der Waals surface area contributed by atoms with Crippen molar-refractivity contribution in [3.8, 4) is 0 Å². The van der Waals surface area contributed by atoms with E-state index >= 15 is 0 Å². The van der Waals surface area contributed by atoms with Crippen molar-refractivity contribution in [3.63, 3.8) is 0 Å². The number of aromatic nitrogens is 1. The van der Waals surface area contributed by atoms with Crippen LogP contribution >= 0.6 is 0 Å². The van der Waals surface area contributed by atoms with Crippen LogP contribution in [0.25, 0.3) is 0 Å². The lowest BCUT2D eigenvalue weighted by atomic mass is 9.71. The van der Waals surface area contributed by atoms with Gasteiger partial charge in [-0.2, -0.15) is 0 Å². The summed E-state index contributed by atoms with van der Waals surface area (Å²) in [5.74, 6) is 1.51. The van der Waals surface area contributed by atoms with Gasteiger partial charge in [-0.25, -0.2) is 0 Å². The summed E-state index contributed by atoms with van der Waals surface area (Å²) in [6, 6.07) is 4.16. The van der Waals surface area contributed by atoms with Gasteiger partial charge >= 0.3 is 0 Å². The number of nitrogens with zero attached hydrogens (tertiary/aromatic N) is 3. The zero-order chi connectivity index (χ0) is 18.0. The number of ether oxygens (including phenoxy) is 1. The lowest BCUT2D eigenvalue weighted by molar-refractivity contribution is -0.128. The Balaban J connectivity index is 1.35. The van der Waals surface area contributed by atoms with Crippen LogP contribution in [0.4, 0.5) is 0 Å². The molecule has 0 N–H and O–H groups in total. The highest BCUT2D eigenvalue weighted by Crippen LogP contribution is 2.45. The number of carbonyl (C=O) groups is 1. The van der Waals surface area contributed by atoms with Crippen LogP contribution in [0.2, 0.25) is 0 Å². The zero-order valence-corrected chi connectivity index (χ0v) is 15.9. The molecule has 3 fully saturated rings. The van der Waals surface area contributed by atoms with Gasteiger partial charge in [0.1, 0.15) is 0 Å². The largest absolute Gasteiger partial charge is 0.381 e. The van der Waals surface area contributed by atoms with Crippen molar-refractivity contribution in [1.29, 1.82) is 0 Å². The lowest BCUT2D eigenvalue weighted by Gasteiger charge is -2.42. The van der Waals surface area contributed by atoms with Gasteiger partial charge in [-0.1, -0.05) is 6.07 Å². The van der Waals surface area contributed by atoms with Crippen molar-refractivity contribution in [1.82, 2.24) is 14.8 Å². The minimum absolute atomic E-state index is 0.215. The third-order valence-electron chi connectivity index (χ3n) is 6.61. The van der Waals surface area contributed by atoms with E-state index in [-0.39, 0.29) is 11.3 Å². The standard InChI is InChI=1S/C21H31N3O2/c1-17(25)24-13-20(15-26-14-18-4-5-18)21(16-24)6-9-23(10-7-21)12-19-3-2-8-22-11-19/h2-3,8,11,18,20H,4-7,9-10,12-16H2,1H3/t20-/m0/s1. The van der Waals surface area contributed by atoms with Crippen molar-refractivity contribution >= 4 is 5.91 Å². The molecular weight excluding hydrogens is 326 g/mol. The van der Waals surface area contributed by atoms with E-state index in [0.717, 1.165) is 64.7 Å². The number of likely N-dealkylation sites (tertiary alicyclic amines) is 2. The molecule has 0 unspecified atom stereocenters. The number of rotatable bonds is 6. The summed E-state index contributed by atoms with van der Waals surface area (Å²) < 4.78 is 6.06. The third kappa shape index (κ3) is 4.09. The molecule has 5 heteroatoms. The maximum Gasteiger partial charge on any atom is 0.219 e. The molecule has 1 amide bonds. The molecule has 5 nitrogen and oxygen atoms in total. The highest BCUT2D eigenvalue weighted by molar-refractivity contribution is 5.73. The Morgan fingerprint density at radius 2 is 2.12 bits per heavy atom. The first-order valence-electron chi connectivity index (χ1n) is 10.1. The molecule has 0 radical (unpaired) electrons. The predicted octanol–water partition coefficient (Wildman–Crippen LogP) is 2.57. The van der Waals surface area contributed by atoms with E-state index in [4.69, 9.17) is 4.74 Å². The first-order chi connectivity index (χ1) is 12.6. The summed E-state index contributed by atoms with van der Waals surface area (Å²) in [5.41, 5.74) is 1.53. The first kappa shape index (κ1) is 17.9. The predicted molar refractivity (Wildman–Crippen MR) is 100 cm³/mol. The van der Waals surface area contributed by atoms with E-state index in [1.807, 2.05) is 18.5 Å². The summed E-state index contributed by atoms with van der Waals surface area (Å²) in [7, 11) is 0. The van der Waals surface area contributed by atoms with E-state index < -0.39 is 0 Å². The molecule has 1 aromatic heterocycles. The Kier molecular flexibility index (Phi) is 5.28. The highest BCUT2D eigenvalue weighted by Gasteiger charge is 2.48. The first-order valence-corrected chi connectivity index (χ1v) is 10.1. The molecule has 1 spiro atoms. The normalized spacial score (nSPS) is 25.7. The van der Waals surface area contributed by atoms with Crippen LogP contribution in [0, 0.1) is 17.3 Å². The summed E-state index contributed by atoms with van der Waals surface area (Å²) in [6.45, 7) is 8.41. The quantitative estimate of drug-likeness (QED) is 0.785. The minimum Gasteiger partial charge on any atom is -0.381 e. The molecule has 0 bridgehead atoms. The number of hydrogen-bond acceptors (Lipinski definition) is 4. The Hall–Kier alpha value is -1.46.